The topological polar surface area (TPSA) is 33.1 Å². The molecule has 0 spiro atoms. The second-order valence-corrected chi connectivity index (χ2v) is 5.47. The van der Waals surface area contributed by atoms with Gasteiger partial charge in [-0.2, -0.15) is 0 Å². The number of aromatic nitrogens is 2. The van der Waals surface area contributed by atoms with E-state index in [0.717, 1.165) is 31.0 Å². The maximum atomic E-state index is 4.45. The first-order valence-electron chi connectivity index (χ1n) is 6.78. The molecule has 4 heteroatoms. The molecule has 1 unspecified atom stereocenters. The molecule has 0 radical (unpaired) electrons. The van der Waals surface area contributed by atoms with Crippen LogP contribution in [0.15, 0.2) is 12.4 Å². The van der Waals surface area contributed by atoms with E-state index in [1.165, 1.54) is 32.2 Å². The van der Waals surface area contributed by atoms with Gasteiger partial charge in [0.05, 0.1) is 0 Å². The molecule has 1 aliphatic heterocycles. The van der Waals surface area contributed by atoms with E-state index >= 15 is 0 Å². The fourth-order valence-corrected chi connectivity index (χ4v) is 2.70. The molecule has 1 atom stereocenters. The molecule has 1 aliphatic carbocycles. The Bertz CT molecular complexity index is 369. The lowest BCUT2D eigenvalue weighted by Crippen LogP contribution is -2.41. The van der Waals surface area contributed by atoms with E-state index in [2.05, 4.69) is 26.8 Å². The van der Waals surface area contributed by atoms with E-state index < -0.39 is 0 Å². The highest BCUT2D eigenvalue weighted by molar-refractivity contribution is 5.31. The maximum Gasteiger partial charge on any atom is 0.205 e. The smallest absolute Gasteiger partial charge is 0.205 e. The van der Waals surface area contributed by atoms with E-state index in [1.807, 2.05) is 12.4 Å². The van der Waals surface area contributed by atoms with Gasteiger partial charge in [-0.3, -0.25) is 0 Å². The van der Waals surface area contributed by atoms with Gasteiger partial charge in [0.25, 0.3) is 0 Å². The van der Waals surface area contributed by atoms with E-state index in [0.29, 0.717) is 0 Å². The van der Waals surface area contributed by atoms with Crippen LogP contribution in [0.3, 0.4) is 0 Å². The Labute approximate surface area is 103 Å². The summed E-state index contributed by atoms with van der Waals surface area (Å²) < 4.78 is 2.12. The standard InChI is InChI=1S/C13H22N4/c1-16-8-6-14-13(16)17-7-2-3-11(10-17)9-15-12-4-5-12/h6,8,11-12,15H,2-5,7,9-10H2,1H3. The fraction of sp³-hybridized carbons (Fsp3) is 0.769. The van der Waals surface area contributed by atoms with Gasteiger partial charge >= 0.3 is 0 Å². The number of anilines is 1. The predicted octanol–water partition coefficient (Wildman–Crippen LogP) is 1.39. The van der Waals surface area contributed by atoms with Crippen LogP contribution >= 0.6 is 0 Å². The molecule has 3 rings (SSSR count). The van der Waals surface area contributed by atoms with Crippen molar-refractivity contribution in [1.82, 2.24) is 14.9 Å². The molecular weight excluding hydrogens is 212 g/mol. The van der Waals surface area contributed by atoms with Crippen LogP contribution in [0.5, 0.6) is 0 Å². The molecule has 1 saturated heterocycles. The van der Waals surface area contributed by atoms with Crippen molar-refractivity contribution in [2.45, 2.75) is 31.7 Å². The minimum absolute atomic E-state index is 0.793. The molecule has 1 N–H and O–H groups in total. The molecule has 1 aromatic heterocycles. The molecule has 2 fully saturated rings. The summed E-state index contributed by atoms with van der Waals surface area (Å²) in [6.45, 7) is 3.50. The van der Waals surface area contributed by atoms with E-state index in [-0.39, 0.29) is 0 Å². The van der Waals surface area contributed by atoms with Crippen molar-refractivity contribution < 1.29 is 0 Å². The normalized spacial score (nSPS) is 25.2. The summed E-state index contributed by atoms with van der Waals surface area (Å²) in [7, 11) is 2.08. The summed E-state index contributed by atoms with van der Waals surface area (Å²) in [5, 5.41) is 3.65. The minimum Gasteiger partial charge on any atom is -0.342 e. The van der Waals surface area contributed by atoms with Gasteiger partial charge in [0, 0.05) is 38.6 Å². The number of hydrogen-bond donors (Lipinski definition) is 1. The van der Waals surface area contributed by atoms with Crippen LogP contribution < -0.4 is 10.2 Å². The minimum atomic E-state index is 0.793. The monoisotopic (exact) mass is 234 g/mol. The number of nitrogens with one attached hydrogen (secondary N) is 1. The van der Waals surface area contributed by atoms with Crippen LogP contribution in [0.2, 0.25) is 0 Å². The lowest BCUT2D eigenvalue weighted by Gasteiger charge is -2.33. The zero-order chi connectivity index (χ0) is 11.7. The molecule has 0 amide bonds. The van der Waals surface area contributed by atoms with Crippen molar-refractivity contribution in [3.63, 3.8) is 0 Å². The lowest BCUT2D eigenvalue weighted by atomic mass is 9.98. The third kappa shape index (κ3) is 2.63. The van der Waals surface area contributed by atoms with Crippen LogP contribution in [0.4, 0.5) is 5.95 Å². The number of nitrogens with zero attached hydrogens (tertiary/aromatic N) is 3. The Kier molecular flexibility index (Phi) is 3.05. The van der Waals surface area contributed by atoms with Gasteiger partial charge in [0.2, 0.25) is 5.95 Å². The Balaban J connectivity index is 1.57. The highest BCUT2D eigenvalue weighted by atomic mass is 15.3. The van der Waals surface area contributed by atoms with Crippen molar-refractivity contribution in [3.05, 3.63) is 12.4 Å². The van der Waals surface area contributed by atoms with Gasteiger partial charge < -0.3 is 14.8 Å². The first-order valence-corrected chi connectivity index (χ1v) is 6.78. The summed E-state index contributed by atoms with van der Waals surface area (Å²) in [4.78, 5) is 6.88. The van der Waals surface area contributed by atoms with Gasteiger partial charge in [0.1, 0.15) is 0 Å². The zero-order valence-electron chi connectivity index (χ0n) is 10.6. The molecule has 0 bridgehead atoms. The number of piperidine rings is 1. The van der Waals surface area contributed by atoms with Crippen molar-refractivity contribution >= 4 is 5.95 Å². The summed E-state index contributed by atoms with van der Waals surface area (Å²) in [5.41, 5.74) is 0. The summed E-state index contributed by atoms with van der Waals surface area (Å²) in [6.07, 6.45) is 9.35. The van der Waals surface area contributed by atoms with Gasteiger partial charge in [-0.25, -0.2) is 4.98 Å². The number of imidazole rings is 1. The van der Waals surface area contributed by atoms with Crippen molar-refractivity contribution in [3.8, 4) is 0 Å². The Morgan fingerprint density at radius 3 is 3.00 bits per heavy atom. The predicted molar refractivity (Wildman–Crippen MR) is 69.2 cm³/mol. The number of aryl methyl sites for hydroxylation is 1. The van der Waals surface area contributed by atoms with Gasteiger partial charge in [-0.15, -0.1) is 0 Å². The Morgan fingerprint density at radius 2 is 2.29 bits per heavy atom. The van der Waals surface area contributed by atoms with Crippen LogP contribution in [-0.4, -0.2) is 35.2 Å². The molecule has 2 heterocycles. The molecule has 2 aliphatic rings. The van der Waals surface area contributed by atoms with Crippen LogP contribution in [0.25, 0.3) is 0 Å². The van der Waals surface area contributed by atoms with E-state index in [4.69, 9.17) is 0 Å². The second kappa shape index (κ2) is 4.69. The molecule has 94 valence electrons. The van der Waals surface area contributed by atoms with Crippen molar-refractivity contribution in [1.29, 1.82) is 0 Å². The summed E-state index contributed by atoms with van der Waals surface area (Å²) in [5.74, 6) is 1.92. The average molecular weight is 234 g/mol. The fourth-order valence-electron chi connectivity index (χ4n) is 2.70. The Hall–Kier alpha value is -1.03. The maximum absolute atomic E-state index is 4.45. The third-order valence-corrected chi connectivity index (χ3v) is 3.87. The van der Waals surface area contributed by atoms with Gasteiger partial charge in [-0.1, -0.05) is 0 Å². The first kappa shape index (κ1) is 11.1. The molecular formula is C13H22N4. The molecule has 17 heavy (non-hydrogen) atoms. The quantitative estimate of drug-likeness (QED) is 0.854. The van der Waals surface area contributed by atoms with E-state index in [9.17, 15) is 0 Å². The largest absolute Gasteiger partial charge is 0.342 e. The van der Waals surface area contributed by atoms with Crippen LogP contribution in [0.1, 0.15) is 25.7 Å². The Morgan fingerprint density at radius 1 is 1.41 bits per heavy atom. The van der Waals surface area contributed by atoms with Crippen LogP contribution in [0, 0.1) is 5.92 Å². The highest BCUT2D eigenvalue weighted by Gasteiger charge is 2.25. The first-order chi connectivity index (χ1) is 8.33. The molecule has 1 saturated carbocycles. The van der Waals surface area contributed by atoms with Crippen molar-refractivity contribution in [2.75, 3.05) is 24.5 Å². The molecule has 0 aromatic carbocycles. The SMILES string of the molecule is Cn1ccnc1N1CCCC(CNC2CC2)C1. The summed E-state index contributed by atoms with van der Waals surface area (Å²) in [6, 6.07) is 0.832. The second-order valence-electron chi connectivity index (χ2n) is 5.47. The zero-order valence-corrected chi connectivity index (χ0v) is 10.6. The highest BCUT2D eigenvalue weighted by Crippen LogP contribution is 2.23. The summed E-state index contributed by atoms with van der Waals surface area (Å²) >= 11 is 0. The average Bonchev–Trinajstić information content (AvgIpc) is 3.08. The van der Waals surface area contributed by atoms with E-state index in [1.54, 1.807) is 0 Å². The lowest BCUT2D eigenvalue weighted by molar-refractivity contribution is 0.386. The van der Waals surface area contributed by atoms with Gasteiger partial charge in [0.15, 0.2) is 0 Å². The number of hydrogen-bond acceptors (Lipinski definition) is 3. The van der Waals surface area contributed by atoms with Crippen LogP contribution in [-0.2, 0) is 7.05 Å². The molecule has 1 aromatic rings. The third-order valence-electron chi connectivity index (χ3n) is 3.87. The van der Waals surface area contributed by atoms with Gasteiger partial charge in [-0.05, 0) is 38.1 Å². The van der Waals surface area contributed by atoms with Crippen molar-refractivity contribution in [2.24, 2.45) is 13.0 Å². The molecule has 4 nitrogen and oxygen atoms in total. The number of rotatable bonds is 4.